The van der Waals surface area contributed by atoms with Gasteiger partial charge in [-0.3, -0.25) is 4.79 Å². The van der Waals surface area contributed by atoms with Crippen LogP contribution in [0.4, 0.5) is 0 Å². The van der Waals surface area contributed by atoms with Gasteiger partial charge in [0.15, 0.2) is 17.3 Å². The molecular formula is C26H28BrNO6S. The zero-order chi connectivity index (χ0) is 25.5. The first-order valence-electron chi connectivity index (χ1n) is 11.2. The van der Waals surface area contributed by atoms with Gasteiger partial charge in [-0.2, -0.15) is 0 Å². The van der Waals surface area contributed by atoms with E-state index in [0.29, 0.717) is 41.4 Å². The standard InChI is InChI=1S/C26H28BrNO6S/c1-5-33-19-11-6-15(12-20(19)32-4)22-23-18(29)13-26(2,3)14-21(23)34-25(28)24(22)35(30,31)17-9-7-16(27)8-10-17/h6-12,22H,5,13-14,28H2,1-4H3. The largest absolute Gasteiger partial charge is 0.493 e. The van der Waals surface area contributed by atoms with E-state index in [2.05, 4.69) is 15.9 Å². The number of carbonyl (C=O) groups is 1. The van der Waals surface area contributed by atoms with E-state index in [9.17, 15) is 13.2 Å². The van der Waals surface area contributed by atoms with Crippen molar-refractivity contribution in [3.05, 3.63) is 74.6 Å². The maximum absolute atomic E-state index is 13.9. The lowest BCUT2D eigenvalue weighted by molar-refractivity contribution is -0.119. The molecule has 1 aliphatic carbocycles. The van der Waals surface area contributed by atoms with Gasteiger partial charge in [0.05, 0.1) is 24.5 Å². The van der Waals surface area contributed by atoms with Gasteiger partial charge >= 0.3 is 0 Å². The molecule has 4 rings (SSSR count). The van der Waals surface area contributed by atoms with Crippen LogP contribution in [-0.4, -0.2) is 27.9 Å². The molecule has 1 unspecified atom stereocenters. The number of halogens is 1. The lowest BCUT2D eigenvalue weighted by Gasteiger charge is -2.38. The Balaban J connectivity index is 1.96. The van der Waals surface area contributed by atoms with Gasteiger partial charge in [0.2, 0.25) is 15.7 Å². The molecule has 2 aromatic carbocycles. The first-order chi connectivity index (χ1) is 16.5. The third-order valence-corrected chi connectivity index (χ3v) is 8.58. The smallest absolute Gasteiger partial charge is 0.208 e. The predicted molar refractivity (Wildman–Crippen MR) is 136 cm³/mol. The molecule has 2 aromatic rings. The van der Waals surface area contributed by atoms with Crippen molar-refractivity contribution in [2.45, 2.75) is 44.4 Å². The van der Waals surface area contributed by atoms with E-state index in [0.717, 1.165) is 4.47 Å². The van der Waals surface area contributed by atoms with Gasteiger partial charge < -0.3 is 19.9 Å². The van der Waals surface area contributed by atoms with E-state index in [4.69, 9.17) is 19.9 Å². The fourth-order valence-corrected chi connectivity index (χ4v) is 6.52. The molecule has 0 spiro atoms. The van der Waals surface area contributed by atoms with Crippen molar-refractivity contribution in [1.82, 2.24) is 0 Å². The van der Waals surface area contributed by atoms with Crippen LogP contribution in [0.2, 0.25) is 0 Å². The van der Waals surface area contributed by atoms with E-state index in [1.807, 2.05) is 20.8 Å². The number of ether oxygens (including phenoxy) is 3. The van der Waals surface area contributed by atoms with E-state index < -0.39 is 15.8 Å². The number of methoxy groups -OCH3 is 1. The minimum atomic E-state index is -4.12. The van der Waals surface area contributed by atoms with Gasteiger partial charge in [0.1, 0.15) is 10.7 Å². The van der Waals surface area contributed by atoms with Crippen LogP contribution in [0.15, 0.2) is 74.0 Å². The average molecular weight is 562 g/mol. The Labute approximate surface area is 214 Å². The maximum Gasteiger partial charge on any atom is 0.208 e. The highest BCUT2D eigenvalue weighted by Gasteiger charge is 2.46. The number of hydrogen-bond acceptors (Lipinski definition) is 7. The summed E-state index contributed by atoms with van der Waals surface area (Å²) in [6.45, 7) is 6.24. The van der Waals surface area contributed by atoms with Crippen molar-refractivity contribution in [2.75, 3.05) is 13.7 Å². The van der Waals surface area contributed by atoms with E-state index in [-0.39, 0.29) is 33.3 Å². The Morgan fingerprint density at radius 3 is 2.43 bits per heavy atom. The van der Waals surface area contributed by atoms with Gasteiger partial charge in [0.25, 0.3) is 0 Å². The lowest BCUT2D eigenvalue weighted by Crippen LogP contribution is -2.35. The summed E-state index contributed by atoms with van der Waals surface area (Å²) < 4.78 is 45.6. The van der Waals surface area contributed by atoms with E-state index in [1.165, 1.54) is 19.2 Å². The third-order valence-electron chi connectivity index (χ3n) is 6.14. The zero-order valence-electron chi connectivity index (χ0n) is 20.1. The van der Waals surface area contributed by atoms with Crippen LogP contribution in [0.3, 0.4) is 0 Å². The summed E-state index contributed by atoms with van der Waals surface area (Å²) in [6, 6.07) is 11.4. The molecule has 1 atom stereocenters. The highest BCUT2D eigenvalue weighted by molar-refractivity contribution is 9.10. The predicted octanol–water partition coefficient (Wildman–Crippen LogP) is 5.22. The summed E-state index contributed by atoms with van der Waals surface area (Å²) >= 11 is 3.33. The Morgan fingerprint density at radius 2 is 1.80 bits per heavy atom. The molecule has 9 heteroatoms. The molecule has 2 N–H and O–H groups in total. The summed E-state index contributed by atoms with van der Waals surface area (Å²) in [5.41, 5.74) is 6.85. The molecule has 35 heavy (non-hydrogen) atoms. The summed E-state index contributed by atoms with van der Waals surface area (Å²) in [4.78, 5) is 13.4. The fraction of sp³-hybridized carbons (Fsp3) is 0.346. The molecule has 0 saturated carbocycles. The highest BCUT2D eigenvalue weighted by atomic mass is 79.9. The second-order valence-corrected chi connectivity index (χ2v) is 12.2. The van der Waals surface area contributed by atoms with Crippen LogP contribution in [-0.2, 0) is 19.4 Å². The molecule has 0 amide bonds. The summed E-state index contributed by atoms with van der Waals surface area (Å²) in [6.07, 6.45) is 0.733. The molecule has 186 valence electrons. The van der Waals surface area contributed by atoms with Gasteiger partial charge in [-0.1, -0.05) is 35.8 Å². The van der Waals surface area contributed by atoms with Crippen LogP contribution in [0, 0.1) is 5.41 Å². The van der Waals surface area contributed by atoms with Gasteiger partial charge in [-0.15, -0.1) is 0 Å². The number of rotatable bonds is 6. The summed E-state index contributed by atoms with van der Waals surface area (Å²) in [5, 5.41) is 0. The quantitative estimate of drug-likeness (QED) is 0.515. The first kappa shape index (κ1) is 25.3. The maximum atomic E-state index is 13.9. The van der Waals surface area contributed by atoms with Crippen molar-refractivity contribution in [3.63, 3.8) is 0 Å². The van der Waals surface area contributed by atoms with Crippen molar-refractivity contribution in [3.8, 4) is 11.5 Å². The van der Waals surface area contributed by atoms with Crippen molar-refractivity contribution < 1.29 is 27.4 Å². The summed E-state index contributed by atoms with van der Waals surface area (Å²) in [5.74, 6) is 0.0305. The minimum Gasteiger partial charge on any atom is -0.493 e. The number of ketones is 1. The number of sulfone groups is 1. The van der Waals surface area contributed by atoms with Crippen molar-refractivity contribution in [2.24, 2.45) is 11.1 Å². The number of Topliss-reactive ketones (excluding diaryl/α,β-unsaturated/α-hetero) is 1. The van der Waals surface area contributed by atoms with Crippen LogP contribution in [0.25, 0.3) is 0 Å². The number of nitrogens with two attached hydrogens (primary N) is 1. The van der Waals surface area contributed by atoms with Gasteiger partial charge in [-0.25, -0.2) is 8.42 Å². The SMILES string of the molecule is CCOc1ccc(C2C3=C(CC(C)(C)CC3=O)OC(N)=C2S(=O)(=O)c2ccc(Br)cc2)cc1OC. The highest BCUT2D eigenvalue weighted by Crippen LogP contribution is 2.51. The molecule has 0 radical (unpaired) electrons. The number of allylic oxidation sites excluding steroid dienone is 3. The topological polar surface area (TPSA) is 105 Å². The molecule has 0 bridgehead atoms. The molecule has 0 aromatic heterocycles. The van der Waals surface area contributed by atoms with E-state index >= 15 is 0 Å². The monoisotopic (exact) mass is 561 g/mol. The van der Waals surface area contributed by atoms with Gasteiger partial charge in [-0.05, 0) is 54.3 Å². The number of carbonyl (C=O) groups excluding carboxylic acids is 1. The number of benzene rings is 2. The van der Waals surface area contributed by atoms with Gasteiger partial charge in [0, 0.05) is 22.9 Å². The molecular weight excluding hydrogens is 534 g/mol. The van der Waals surface area contributed by atoms with Crippen LogP contribution >= 0.6 is 15.9 Å². The Kier molecular flexibility index (Phi) is 6.76. The Bertz CT molecular complexity index is 1340. The second kappa shape index (κ2) is 9.35. The third kappa shape index (κ3) is 4.71. The van der Waals surface area contributed by atoms with Crippen LogP contribution in [0.5, 0.6) is 11.5 Å². The van der Waals surface area contributed by atoms with Crippen molar-refractivity contribution >= 4 is 31.6 Å². The minimum absolute atomic E-state index is 0.0535. The molecule has 0 fully saturated rings. The van der Waals surface area contributed by atoms with Crippen molar-refractivity contribution in [1.29, 1.82) is 0 Å². The average Bonchev–Trinajstić information content (AvgIpc) is 2.78. The lowest BCUT2D eigenvalue weighted by atomic mass is 9.72. The summed E-state index contributed by atoms with van der Waals surface area (Å²) in [7, 11) is -2.61. The molecule has 7 nitrogen and oxygen atoms in total. The van der Waals surface area contributed by atoms with Crippen LogP contribution < -0.4 is 15.2 Å². The molecule has 2 aliphatic rings. The van der Waals surface area contributed by atoms with E-state index in [1.54, 1.807) is 30.3 Å². The Morgan fingerprint density at radius 1 is 1.11 bits per heavy atom. The number of hydrogen-bond donors (Lipinski definition) is 1. The fourth-order valence-electron chi connectivity index (χ4n) is 4.63. The molecule has 1 aliphatic heterocycles. The second-order valence-electron chi connectivity index (χ2n) is 9.34. The normalized spacial score (nSPS) is 19.8. The first-order valence-corrected chi connectivity index (χ1v) is 13.5. The molecule has 1 heterocycles. The zero-order valence-corrected chi connectivity index (χ0v) is 22.5. The molecule has 0 saturated heterocycles. The van der Waals surface area contributed by atoms with Crippen LogP contribution in [0.1, 0.15) is 45.1 Å². The Hall–Kier alpha value is -2.78.